The Balaban J connectivity index is 0.00000392. The lowest BCUT2D eigenvalue weighted by Gasteiger charge is -2.37. The summed E-state index contributed by atoms with van der Waals surface area (Å²) in [5.74, 6) is 0.843. The Bertz CT molecular complexity index is 605. The van der Waals surface area contributed by atoms with Gasteiger partial charge in [0.1, 0.15) is 0 Å². The SMILES string of the molecule is CCOCCCCNC(=NC)N1CCN(c2cccc(C(F)(F)F)c2)CC1.I. The molecule has 160 valence electrons. The van der Waals surface area contributed by atoms with Crippen molar-refractivity contribution in [2.45, 2.75) is 25.9 Å². The minimum atomic E-state index is -4.31. The molecule has 0 aliphatic carbocycles. The van der Waals surface area contributed by atoms with E-state index in [1.165, 1.54) is 12.1 Å². The van der Waals surface area contributed by atoms with Crippen LogP contribution in [0.15, 0.2) is 29.3 Å². The summed E-state index contributed by atoms with van der Waals surface area (Å²) in [6.07, 6.45) is -2.31. The zero-order chi connectivity index (χ0) is 19.7. The summed E-state index contributed by atoms with van der Waals surface area (Å²) in [6, 6.07) is 5.53. The summed E-state index contributed by atoms with van der Waals surface area (Å²) >= 11 is 0. The van der Waals surface area contributed by atoms with Gasteiger partial charge in [0.05, 0.1) is 5.56 Å². The van der Waals surface area contributed by atoms with E-state index in [9.17, 15) is 13.2 Å². The highest BCUT2D eigenvalue weighted by Crippen LogP contribution is 2.31. The molecule has 1 aromatic rings. The van der Waals surface area contributed by atoms with E-state index in [1.54, 1.807) is 13.1 Å². The smallest absolute Gasteiger partial charge is 0.382 e. The predicted octanol–water partition coefficient (Wildman–Crippen LogP) is 3.84. The van der Waals surface area contributed by atoms with Crippen LogP contribution >= 0.6 is 24.0 Å². The van der Waals surface area contributed by atoms with E-state index < -0.39 is 11.7 Å². The molecular weight excluding hydrogens is 484 g/mol. The first kappa shape index (κ1) is 24.8. The van der Waals surface area contributed by atoms with Crippen molar-refractivity contribution in [1.29, 1.82) is 0 Å². The van der Waals surface area contributed by atoms with Gasteiger partial charge in [0.15, 0.2) is 5.96 Å². The molecule has 0 aromatic heterocycles. The zero-order valence-corrected chi connectivity index (χ0v) is 18.8. The number of ether oxygens (including phenoxy) is 1. The number of guanidine groups is 1. The second-order valence-corrected chi connectivity index (χ2v) is 6.40. The number of aliphatic imine (C=N–C) groups is 1. The van der Waals surface area contributed by atoms with Gasteiger partial charge in [-0.25, -0.2) is 0 Å². The normalized spacial score (nSPS) is 15.4. The number of nitrogens with one attached hydrogen (secondary N) is 1. The van der Waals surface area contributed by atoms with Crippen LogP contribution in [0.2, 0.25) is 0 Å². The molecule has 0 unspecified atom stereocenters. The molecule has 2 rings (SSSR count). The number of halogens is 4. The molecule has 1 aliphatic heterocycles. The second-order valence-electron chi connectivity index (χ2n) is 6.40. The van der Waals surface area contributed by atoms with Crippen LogP contribution < -0.4 is 10.2 Å². The molecule has 1 saturated heterocycles. The molecule has 28 heavy (non-hydrogen) atoms. The van der Waals surface area contributed by atoms with Crippen LogP contribution in [0.5, 0.6) is 0 Å². The topological polar surface area (TPSA) is 40.1 Å². The number of nitrogens with zero attached hydrogens (tertiary/aromatic N) is 3. The van der Waals surface area contributed by atoms with Crippen LogP contribution in [0.25, 0.3) is 0 Å². The Morgan fingerprint density at radius 2 is 1.89 bits per heavy atom. The van der Waals surface area contributed by atoms with E-state index in [0.29, 0.717) is 18.8 Å². The molecular formula is C19H30F3IN4O. The van der Waals surface area contributed by atoms with Gasteiger partial charge in [0.25, 0.3) is 0 Å². The van der Waals surface area contributed by atoms with Crippen molar-refractivity contribution in [3.8, 4) is 0 Å². The van der Waals surface area contributed by atoms with Crippen molar-refractivity contribution in [2.75, 3.05) is 57.9 Å². The maximum atomic E-state index is 12.9. The fraction of sp³-hybridized carbons (Fsp3) is 0.632. The Kier molecular flexibility index (Phi) is 10.9. The van der Waals surface area contributed by atoms with Crippen molar-refractivity contribution >= 4 is 35.6 Å². The van der Waals surface area contributed by atoms with E-state index in [0.717, 1.165) is 57.7 Å². The number of unbranched alkanes of at least 4 members (excludes halogenated alkanes) is 1. The number of hydrogen-bond donors (Lipinski definition) is 1. The molecule has 0 atom stereocenters. The number of hydrogen-bond acceptors (Lipinski definition) is 3. The van der Waals surface area contributed by atoms with Gasteiger partial charge in [-0.3, -0.25) is 4.99 Å². The molecule has 0 saturated carbocycles. The van der Waals surface area contributed by atoms with Crippen LogP contribution in [-0.4, -0.2) is 63.8 Å². The highest BCUT2D eigenvalue weighted by atomic mass is 127. The van der Waals surface area contributed by atoms with Crippen LogP contribution in [0.4, 0.5) is 18.9 Å². The highest BCUT2D eigenvalue weighted by Gasteiger charge is 2.31. The summed E-state index contributed by atoms with van der Waals surface area (Å²) in [5.41, 5.74) is 0.00954. The van der Waals surface area contributed by atoms with Gasteiger partial charge in [-0.1, -0.05) is 6.07 Å². The molecule has 1 aliphatic rings. The molecule has 0 spiro atoms. The molecule has 9 heteroatoms. The van der Waals surface area contributed by atoms with E-state index in [2.05, 4.69) is 15.2 Å². The van der Waals surface area contributed by atoms with E-state index in [1.807, 2.05) is 11.8 Å². The summed E-state index contributed by atoms with van der Waals surface area (Å²) < 4.78 is 44.0. The molecule has 0 bridgehead atoms. The Labute approximate surface area is 182 Å². The first-order chi connectivity index (χ1) is 13.0. The summed E-state index contributed by atoms with van der Waals surface area (Å²) in [7, 11) is 1.75. The monoisotopic (exact) mass is 514 g/mol. The lowest BCUT2D eigenvalue weighted by atomic mass is 10.1. The van der Waals surface area contributed by atoms with Crippen LogP contribution in [-0.2, 0) is 10.9 Å². The number of anilines is 1. The zero-order valence-electron chi connectivity index (χ0n) is 16.5. The second kappa shape index (κ2) is 12.4. The summed E-state index contributed by atoms with van der Waals surface area (Å²) in [5, 5.41) is 3.35. The summed E-state index contributed by atoms with van der Waals surface area (Å²) in [4.78, 5) is 8.46. The lowest BCUT2D eigenvalue weighted by Crippen LogP contribution is -2.52. The van der Waals surface area contributed by atoms with Gasteiger partial charge < -0.3 is 19.9 Å². The van der Waals surface area contributed by atoms with Crippen LogP contribution in [0, 0.1) is 0 Å². The van der Waals surface area contributed by atoms with Crippen LogP contribution in [0.3, 0.4) is 0 Å². The van der Waals surface area contributed by atoms with Gasteiger partial charge in [0.2, 0.25) is 0 Å². The van der Waals surface area contributed by atoms with Gasteiger partial charge >= 0.3 is 6.18 Å². The summed E-state index contributed by atoms with van der Waals surface area (Å²) in [6.45, 7) is 7.08. The highest BCUT2D eigenvalue weighted by molar-refractivity contribution is 14.0. The third-order valence-electron chi connectivity index (χ3n) is 4.53. The number of rotatable bonds is 7. The Morgan fingerprint density at radius 3 is 2.50 bits per heavy atom. The van der Waals surface area contributed by atoms with Crippen molar-refractivity contribution in [2.24, 2.45) is 4.99 Å². The third-order valence-corrected chi connectivity index (χ3v) is 4.53. The first-order valence-electron chi connectivity index (χ1n) is 9.41. The van der Waals surface area contributed by atoms with Gasteiger partial charge in [-0.15, -0.1) is 24.0 Å². The van der Waals surface area contributed by atoms with Crippen molar-refractivity contribution in [3.05, 3.63) is 29.8 Å². The molecule has 5 nitrogen and oxygen atoms in total. The Morgan fingerprint density at radius 1 is 1.18 bits per heavy atom. The van der Waals surface area contributed by atoms with Crippen molar-refractivity contribution in [1.82, 2.24) is 10.2 Å². The molecule has 0 amide bonds. The molecule has 1 N–H and O–H groups in total. The average molecular weight is 514 g/mol. The third kappa shape index (κ3) is 7.65. The van der Waals surface area contributed by atoms with E-state index in [4.69, 9.17) is 4.74 Å². The number of alkyl halides is 3. The lowest BCUT2D eigenvalue weighted by molar-refractivity contribution is -0.137. The molecule has 1 aromatic carbocycles. The van der Waals surface area contributed by atoms with E-state index in [-0.39, 0.29) is 24.0 Å². The maximum absolute atomic E-state index is 12.9. The molecule has 0 radical (unpaired) electrons. The predicted molar refractivity (Wildman–Crippen MR) is 118 cm³/mol. The van der Waals surface area contributed by atoms with Crippen molar-refractivity contribution in [3.63, 3.8) is 0 Å². The van der Waals surface area contributed by atoms with Crippen molar-refractivity contribution < 1.29 is 17.9 Å². The Hall–Kier alpha value is -1.23. The molecule has 1 heterocycles. The number of benzene rings is 1. The van der Waals surface area contributed by atoms with Gasteiger partial charge in [-0.05, 0) is 38.0 Å². The molecule has 1 fully saturated rings. The first-order valence-corrected chi connectivity index (χ1v) is 9.41. The van der Waals surface area contributed by atoms with Crippen LogP contribution in [0.1, 0.15) is 25.3 Å². The largest absolute Gasteiger partial charge is 0.416 e. The maximum Gasteiger partial charge on any atom is 0.416 e. The number of piperazine rings is 1. The average Bonchev–Trinajstić information content (AvgIpc) is 2.67. The fourth-order valence-corrected chi connectivity index (χ4v) is 3.06. The van der Waals surface area contributed by atoms with Gasteiger partial charge in [-0.2, -0.15) is 13.2 Å². The standard InChI is InChI=1S/C19H29F3N4O.HI/c1-3-27-14-5-4-9-24-18(23-2)26-12-10-25(11-13-26)17-8-6-7-16(15-17)19(20,21)22;/h6-8,15H,3-5,9-14H2,1-2H3,(H,23,24);1H. The minimum absolute atomic E-state index is 0. The van der Waals surface area contributed by atoms with E-state index >= 15 is 0 Å². The quantitative estimate of drug-likeness (QED) is 0.260. The van der Waals surface area contributed by atoms with Gasteiger partial charge in [0, 0.05) is 58.7 Å². The minimum Gasteiger partial charge on any atom is -0.382 e. The fourth-order valence-electron chi connectivity index (χ4n) is 3.06.